The average Bonchev–Trinajstić information content (AvgIpc) is 3.12. The summed E-state index contributed by atoms with van der Waals surface area (Å²) in [6, 6.07) is 12.7. The van der Waals surface area contributed by atoms with Crippen LogP contribution in [-0.4, -0.2) is 12.1 Å². The molecule has 0 unspecified atom stereocenters. The summed E-state index contributed by atoms with van der Waals surface area (Å²) < 4.78 is 44.5. The number of furan rings is 1. The number of rotatable bonds is 4. The van der Waals surface area contributed by atoms with E-state index in [0.29, 0.717) is 16.5 Å². The van der Waals surface area contributed by atoms with E-state index >= 15 is 0 Å². The Hall–Kier alpha value is -2.58. The second kappa shape index (κ2) is 8.20. The van der Waals surface area contributed by atoms with E-state index in [1.807, 2.05) is 6.07 Å². The highest BCUT2D eigenvalue weighted by molar-refractivity contribution is 9.10. The fourth-order valence-corrected chi connectivity index (χ4v) is 2.71. The summed E-state index contributed by atoms with van der Waals surface area (Å²) >= 11 is 9.36. The molecule has 4 nitrogen and oxygen atoms in total. The smallest absolute Gasteiger partial charge is 0.416 e. The first-order chi connectivity index (χ1) is 13.2. The molecule has 0 bridgehead atoms. The molecule has 3 aromatic rings. The van der Waals surface area contributed by atoms with E-state index in [1.54, 1.807) is 24.3 Å². The number of amides is 1. The highest BCUT2D eigenvalue weighted by Crippen LogP contribution is 2.30. The van der Waals surface area contributed by atoms with Gasteiger partial charge in [-0.25, -0.2) is 5.43 Å². The summed E-state index contributed by atoms with van der Waals surface area (Å²) in [6.45, 7) is 0. The summed E-state index contributed by atoms with van der Waals surface area (Å²) in [5.74, 6) is 0.118. The van der Waals surface area contributed by atoms with Crippen LogP contribution >= 0.6 is 27.5 Å². The molecule has 3 rings (SSSR count). The van der Waals surface area contributed by atoms with Crippen molar-refractivity contribution in [3.63, 3.8) is 0 Å². The molecule has 0 aliphatic heterocycles. The third-order valence-electron chi connectivity index (χ3n) is 3.64. The van der Waals surface area contributed by atoms with Gasteiger partial charge in [-0.3, -0.25) is 4.79 Å². The minimum Gasteiger partial charge on any atom is -0.455 e. The summed E-state index contributed by atoms with van der Waals surface area (Å²) in [6.07, 6.45) is -3.28. The molecule has 0 radical (unpaired) electrons. The number of alkyl halides is 3. The molecule has 9 heteroatoms. The molecule has 0 aliphatic rings. The quantitative estimate of drug-likeness (QED) is 0.367. The third-order valence-corrected chi connectivity index (χ3v) is 4.87. The van der Waals surface area contributed by atoms with E-state index in [1.165, 1.54) is 12.3 Å². The van der Waals surface area contributed by atoms with Crippen LogP contribution < -0.4 is 5.43 Å². The van der Waals surface area contributed by atoms with Crippen LogP contribution in [0.5, 0.6) is 0 Å². The summed E-state index contributed by atoms with van der Waals surface area (Å²) in [5.41, 5.74) is 1.85. The Kier molecular flexibility index (Phi) is 5.90. The van der Waals surface area contributed by atoms with Crippen LogP contribution in [0, 0.1) is 0 Å². The maximum absolute atomic E-state index is 12.7. The van der Waals surface area contributed by atoms with Gasteiger partial charge in [-0.1, -0.05) is 23.7 Å². The van der Waals surface area contributed by atoms with E-state index in [9.17, 15) is 18.0 Å². The Bertz CT molecular complexity index is 1050. The topological polar surface area (TPSA) is 54.6 Å². The zero-order chi connectivity index (χ0) is 20.3. The normalized spacial score (nSPS) is 11.8. The summed E-state index contributed by atoms with van der Waals surface area (Å²) in [4.78, 5) is 12.0. The number of carbonyl (C=O) groups is 1. The standard InChI is InChI=1S/C19H11BrClF3N2O2/c20-15-6-4-11(9-16(15)21)17-7-5-14(28-17)10-25-26-18(27)12-2-1-3-13(8-12)19(22,23)24/h1-10H,(H,26,27)/b25-10-. The fourth-order valence-electron chi connectivity index (χ4n) is 2.28. The largest absolute Gasteiger partial charge is 0.455 e. The van der Waals surface area contributed by atoms with Crippen LogP contribution in [0.3, 0.4) is 0 Å². The van der Waals surface area contributed by atoms with Crippen LogP contribution in [0.2, 0.25) is 5.02 Å². The number of benzene rings is 2. The van der Waals surface area contributed by atoms with Crippen molar-refractivity contribution in [1.82, 2.24) is 5.43 Å². The first-order valence-electron chi connectivity index (χ1n) is 7.80. The molecule has 1 amide bonds. The Balaban J connectivity index is 1.67. The van der Waals surface area contributed by atoms with Gasteiger partial charge in [-0.15, -0.1) is 0 Å². The SMILES string of the molecule is O=C(N/N=C\c1ccc(-c2ccc(Br)c(Cl)c2)o1)c1cccc(C(F)(F)F)c1. The maximum Gasteiger partial charge on any atom is 0.416 e. The maximum atomic E-state index is 12.7. The second-order valence-corrected chi connectivity index (χ2v) is 6.87. The predicted molar refractivity (Wildman–Crippen MR) is 103 cm³/mol. The van der Waals surface area contributed by atoms with Crippen molar-refractivity contribution < 1.29 is 22.4 Å². The van der Waals surface area contributed by atoms with Crippen LogP contribution in [0.1, 0.15) is 21.7 Å². The van der Waals surface area contributed by atoms with Gasteiger partial charge in [-0.2, -0.15) is 18.3 Å². The van der Waals surface area contributed by atoms with Crippen LogP contribution in [-0.2, 0) is 6.18 Å². The van der Waals surface area contributed by atoms with Gasteiger partial charge < -0.3 is 4.42 Å². The molecule has 0 fully saturated rings. The van der Waals surface area contributed by atoms with Crippen molar-refractivity contribution in [2.24, 2.45) is 5.10 Å². The molecule has 1 N–H and O–H groups in total. The van der Waals surface area contributed by atoms with Gasteiger partial charge in [0.2, 0.25) is 0 Å². The number of hydrogen-bond donors (Lipinski definition) is 1. The van der Waals surface area contributed by atoms with Gasteiger partial charge in [0.05, 0.1) is 16.8 Å². The highest BCUT2D eigenvalue weighted by Gasteiger charge is 2.30. The average molecular weight is 472 g/mol. The molecular weight excluding hydrogens is 461 g/mol. The van der Waals surface area contributed by atoms with Crippen molar-refractivity contribution in [3.8, 4) is 11.3 Å². The zero-order valence-electron chi connectivity index (χ0n) is 13.9. The molecule has 1 aromatic heterocycles. The number of carbonyl (C=O) groups excluding carboxylic acids is 1. The molecule has 0 spiro atoms. The molecule has 0 atom stereocenters. The van der Waals surface area contributed by atoms with Gasteiger partial charge >= 0.3 is 6.18 Å². The van der Waals surface area contributed by atoms with Gasteiger partial charge in [0.25, 0.3) is 5.91 Å². The fraction of sp³-hybridized carbons (Fsp3) is 0.0526. The van der Waals surface area contributed by atoms with Gasteiger partial charge in [0.15, 0.2) is 0 Å². The minimum atomic E-state index is -4.53. The molecular formula is C19H11BrClF3N2O2. The van der Waals surface area contributed by atoms with E-state index in [2.05, 4.69) is 26.5 Å². The highest BCUT2D eigenvalue weighted by atomic mass is 79.9. The predicted octanol–water partition coefficient (Wildman–Crippen LogP) is 6.15. The number of nitrogens with zero attached hydrogens (tertiary/aromatic N) is 1. The molecule has 0 saturated carbocycles. The lowest BCUT2D eigenvalue weighted by Gasteiger charge is -2.07. The zero-order valence-corrected chi connectivity index (χ0v) is 16.3. The van der Waals surface area contributed by atoms with Crippen molar-refractivity contribution in [2.45, 2.75) is 6.18 Å². The van der Waals surface area contributed by atoms with Crippen LogP contribution in [0.4, 0.5) is 13.2 Å². The molecule has 1 heterocycles. The number of halogens is 5. The Morgan fingerprint density at radius 2 is 1.93 bits per heavy atom. The first kappa shape index (κ1) is 20.2. The van der Waals surface area contributed by atoms with Gasteiger partial charge in [-0.05, 0) is 58.4 Å². The molecule has 2 aromatic carbocycles. The lowest BCUT2D eigenvalue weighted by molar-refractivity contribution is -0.137. The van der Waals surface area contributed by atoms with E-state index in [4.69, 9.17) is 16.0 Å². The van der Waals surface area contributed by atoms with Crippen molar-refractivity contribution in [2.75, 3.05) is 0 Å². The summed E-state index contributed by atoms with van der Waals surface area (Å²) in [5, 5.41) is 4.24. The lowest BCUT2D eigenvalue weighted by atomic mass is 10.1. The Morgan fingerprint density at radius 3 is 2.64 bits per heavy atom. The van der Waals surface area contributed by atoms with E-state index in [0.717, 1.165) is 28.2 Å². The molecule has 0 saturated heterocycles. The third kappa shape index (κ3) is 4.82. The molecule has 28 heavy (non-hydrogen) atoms. The van der Waals surface area contributed by atoms with E-state index in [-0.39, 0.29) is 5.56 Å². The van der Waals surface area contributed by atoms with Crippen LogP contribution in [0.15, 0.2) is 68.6 Å². The van der Waals surface area contributed by atoms with Crippen LogP contribution in [0.25, 0.3) is 11.3 Å². The van der Waals surface area contributed by atoms with E-state index < -0.39 is 17.6 Å². The Morgan fingerprint density at radius 1 is 1.14 bits per heavy atom. The number of hydrazone groups is 1. The van der Waals surface area contributed by atoms with Gasteiger partial charge in [0.1, 0.15) is 11.5 Å². The Labute approximate surface area is 171 Å². The van der Waals surface area contributed by atoms with Crippen molar-refractivity contribution >= 4 is 39.7 Å². The van der Waals surface area contributed by atoms with Gasteiger partial charge in [0, 0.05) is 15.6 Å². The number of nitrogens with one attached hydrogen (secondary N) is 1. The molecule has 144 valence electrons. The molecule has 0 aliphatic carbocycles. The summed E-state index contributed by atoms with van der Waals surface area (Å²) in [7, 11) is 0. The number of hydrogen-bond acceptors (Lipinski definition) is 3. The second-order valence-electron chi connectivity index (χ2n) is 5.61. The van der Waals surface area contributed by atoms with Crippen molar-refractivity contribution in [1.29, 1.82) is 0 Å². The van der Waals surface area contributed by atoms with Crippen molar-refractivity contribution in [3.05, 3.63) is 81.0 Å². The monoisotopic (exact) mass is 470 g/mol. The minimum absolute atomic E-state index is 0.156. The first-order valence-corrected chi connectivity index (χ1v) is 8.97. The lowest BCUT2D eigenvalue weighted by Crippen LogP contribution is -2.18.